The summed E-state index contributed by atoms with van der Waals surface area (Å²) in [6.07, 6.45) is 0. The first-order chi connectivity index (χ1) is 20.3. The molecule has 4 aromatic carbocycles. The van der Waals surface area contributed by atoms with Crippen LogP contribution in [0.1, 0.15) is 11.1 Å². The molecule has 0 aliphatic rings. The van der Waals surface area contributed by atoms with E-state index in [2.05, 4.69) is 0 Å². The normalized spacial score (nSPS) is 11.4. The zero-order valence-electron chi connectivity index (χ0n) is 22.2. The second-order valence-electron chi connectivity index (χ2n) is 7.76. The number of sulfonamides is 2. The van der Waals surface area contributed by atoms with Gasteiger partial charge in [0.05, 0.1) is 0 Å². The summed E-state index contributed by atoms with van der Waals surface area (Å²) in [5.41, 5.74) is -11.8. The van der Waals surface area contributed by atoms with Crippen molar-refractivity contribution in [2.75, 3.05) is 0 Å². The molecule has 45 heavy (non-hydrogen) atoms. The van der Waals surface area contributed by atoms with Gasteiger partial charge in [0, 0.05) is 23.3 Å². The molecule has 0 aliphatic carbocycles. The van der Waals surface area contributed by atoms with Gasteiger partial charge >= 0.3 is 52.8 Å². The van der Waals surface area contributed by atoms with Gasteiger partial charge in [0.2, 0.25) is 0 Å². The zero-order chi connectivity index (χ0) is 33.6. The maximum Gasteiger partial charge on any atom is 4.00 e. The van der Waals surface area contributed by atoms with Crippen LogP contribution in [0, 0.1) is 35.4 Å². The van der Waals surface area contributed by atoms with Gasteiger partial charge in [0.25, 0.3) is 0 Å². The Bertz CT molecular complexity index is 1460. The number of benzene rings is 2. The SMILES string of the molecule is O=S(=O)(NCc1ccc(F)[c-]c1F)C(F)(F)F.O=S(=O)(NCc1ccc(F)[c-]c1F)C(F)(F)F.[Ti+4].c1cc[cH-]c1.c1cc[cH-]c1. The standard InChI is InChI=1S/2C8H5F5NO2S.2C5H5.Ti/c2*9-6-2-1-5(7(10)3-6)4-14-17(15,16)8(11,12)13;2*1-2-4-5-3-1;/h2*1-2,14H,4H2;2*1-5H;/q4*-1;+4. The Morgan fingerprint density at radius 2 is 0.867 bits per heavy atom. The molecular weight excluding hydrogens is 706 g/mol. The Balaban J connectivity index is 0.000000644. The molecule has 0 spiro atoms. The molecule has 19 heteroatoms. The van der Waals surface area contributed by atoms with Crippen LogP contribution in [0.5, 0.6) is 0 Å². The second kappa shape index (κ2) is 18.8. The summed E-state index contributed by atoms with van der Waals surface area (Å²) in [6, 6.07) is 26.3. The van der Waals surface area contributed by atoms with E-state index in [4.69, 9.17) is 0 Å². The number of halogens is 10. The van der Waals surface area contributed by atoms with Crippen molar-refractivity contribution < 1.29 is 82.5 Å². The average molecular weight is 726 g/mol. The van der Waals surface area contributed by atoms with Crippen molar-refractivity contribution in [1.29, 1.82) is 0 Å². The average Bonchev–Trinajstić information content (AvgIpc) is 3.67. The quantitative estimate of drug-likeness (QED) is 0.140. The monoisotopic (exact) mass is 726 g/mol. The minimum absolute atomic E-state index is 0. The molecule has 0 unspecified atom stereocenters. The third-order valence-electron chi connectivity index (χ3n) is 4.51. The smallest absolute Gasteiger partial charge is 0.236 e. The van der Waals surface area contributed by atoms with E-state index in [9.17, 15) is 60.7 Å². The number of alkyl halides is 6. The summed E-state index contributed by atoms with van der Waals surface area (Å²) in [6.45, 7) is -1.88. The molecule has 0 saturated heterocycles. The van der Waals surface area contributed by atoms with Crippen molar-refractivity contribution in [3.05, 3.63) is 131 Å². The maximum absolute atomic E-state index is 12.9. The Labute approximate surface area is 266 Å². The minimum Gasteiger partial charge on any atom is -0.236 e. The van der Waals surface area contributed by atoms with Crippen LogP contribution < -0.4 is 9.44 Å². The summed E-state index contributed by atoms with van der Waals surface area (Å²) < 4.78 is 166. The predicted molar refractivity (Wildman–Crippen MR) is 138 cm³/mol. The number of rotatable bonds is 6. The number of hydrogen-bond donors (Lipinski definition) is 2. The van der Waals surface area contributed by atoms with Crippen molar-refractivity contribution >= 4 is 20.0 Å². The van der Waals surface area contributed by atoms with Gasteiger partial charge in [-0.25, -0.2) is 68.1 Å². The van der Waals surface area contributed by atoms with E-state index in [1.165, 1.54) is 0 Å². The summed E-state index contributed by atoms with van der Waals surface area (Å²) >= 11 is 0. The van der Waals surface area contributed by atoms with Crippen molar-refractivity contribution in [3.63, 3.8) is 0 Å². The first-order valence-electron chi connectivity index (χ1n) is 11.4. The fourth-order valence-corrected chi connectivity index (χ4v) is 3.39. The molecule has 0 amide bonds. The van der Waals surface area contributed by atoms with Crippen LogP contribution in [-0.4, -0.2) is 27.9 Å². The molecule has 0 aliphatic heterocycles. The van der Waals surface area contributed by atoms with E-state index < -0.39 is 78.5 Å². The van der Waals surface area contributed by atoms with Gasteiger partial charge in [-0.3, -0.25) is 0 Å². The van der Waals surface area contributed by atoms with Crippen molar-refractivity contribution in [1.82, 2.24) is 9.44 Å². The van der Waals surface area contributed by atoms with Crippen LogP contribution >= 0.6 is 0 Å². The van der Waals surface area contributed by atoms with Gasteiger partial charge in [-0.15, -0.1) is 35.4 Å². The molecule has 4 rings (SSSR count). The van der Waals surface area contributed by atoms with Crippen molar-refractivity contribution in [2.45, 2.75) is 24.1 Å². The maximum atomic E-state index is 12.9. The van der Waals surface area contributed by atoms with Crippen molar-refractivity contribution in [3.8, 4) is 0 Å². The molecule has 0 radical (unpaired) electrons. The van der Waals surface area contributed by atoms with Crippen LogP contribution in [0.4, 0.5) is 43.9 Å². The largest absolute Gasteiger partial charge is 4.00 e. The molecule has 2 N–H and O–H groups in total. The molecular formula is C26H20F10N2O4S2Ti. The van der Waals surface area contributed by atoms with Gasteiger partial charge in [-0.1, -0.05) is 0 Å². The van der Waals surface area contributed by atoms with Crippen molar-refractivity contribution in [2.24, 2.45) is 0 Å². The predicted octanol–water partition coefficient (Wildman–Crippen LogP) is 6.22. The van der Waals surface area contributed by atoms with Gasteiger partial charge in [-0.05, 0) is 13.1 Å². The van der Waals surface area contributed by atoms with Gasteiger partial charge < -0.3 is 0 Å². The van der Waals surface area contributed by atoms with Crippen LogP contribution in [0.15, 0.2) is 84.9 Å². The van der Waals surface area contributed by atoms with Crippen LogP contribution in [0.2, 0.25) is 0 Å². The van der Waals surface area contributed by atoms with Crippen LogP contribution in [-0.2, 0) is 54.9 Å². The zero-order valence-corrected chi connectivity index (χ0v) is 25.4. The Kier molecular flexibility index (Phi) is 17.6. The number of hydrogen-bond acceptors (Lipinski definition) is 4. The molecule has 0 saturated carbocycles. The Morgan fingerprint density at radius 1 is 0.578 bits per heavy atom. The fourth-order valence-electron chi connectivity index (χ4n) is 2.37. The summed E-state index contributed by atoms with van der Waals surface area (Å²) in [7, 11) is -11.1. The minimum atomic E-state index is -5.55. The molecule has 0 fully saturated rings. The third kappa shape index (κ3) is 15.7. The molecule has 0 bridgehead atoms. The van der Waals surface area contributed by atoms with E-state index in [1.807, 2.05) is 60.7 Å². The van der Waals surface area contributed by atoms with Gasteiger partial charge in [0.1, 0.15) is 0 Å². The summed E-state index contributed by atoms with van der Waals surface area (Å²) in [4.78, 5) is 0. The topological polar surface area (TPSA) is 92.3 Å². The Hall–Kier alpha value is -3.03. The second-order valence-corrected chi connectivity index (χ2v) is 11.3. The summed E-state index contributed by atoms with van der Waals surface area (Å²) in [5.74, 6) is -4.58. The molecule has 244 valence electrons. The van der Waals surface area contributed by atoms with Gasteiger partial charge in [0.15, 0.2) is 0 Å². The molecule has 0 aromatic heterocycles. The Morgan fingerprint density at radius 3 is 1.07 bits per heavy atom. The molecule has 4 aromatic rings. The van der Waals surface area contributed by atoms with E-state index >= 15 is 0 Å². The van der Waals surface area contributed by atoms with E-state index in [0.717, 1.165) is 33.7 Å². The first kappa shape index (κ1) is 42.0. The van der Waals surface area contributed by atoms with E-state index in [0.29, 0.717) is 0 Å². The summed E-state index contributed by atoms with van der Waals surface area (Å²) in [5, 5.41) is 0. The van der Waals surface area contributed by atoms with Gasteiger partial charge in [-0.2, -0.15) is 74.9 Å². The molecule has 0 heterocycles. The first-order valence-corrected chi connectivity index (χ1v) is 14.4. The van der Waals surface area contributed by atoms with Crippen LogP contribution in [0.3, 0.4) is 0 Å². The third-order valence-corrected chi connectivity index (χ3v) is 6.78. The van der Waals surface area contributed by atoms with E-state index in [-0.39, 0.29) is 21.7 Å². The van der Waals surface area contributed by atoms with E-state index in [1.54, 1.807) is 12.1 Å². The number of nitrogens with one attached hydrogen (secondary N) is 2. The molecule has 6 nitrogen and oxygen atoms in total. The van der Waals surface area contributed by atoms with Crippen LogP contribution in [0.25, 0.3) is 0 Å². The fraction of sp³-hybridized carbons (Fsp3) is 0.154. The molecule has 0 atom stereocenters.